The van der Waals surface area contributed by atoms with E-state index in [4.69, 9.17) is 10.5 Å². The third-order valence-corrected chi connectivity index (χ3v) is 3.61. The van der Waals surface area contributed by atoms with Crippen LogP contribution in [0, 0.1) is 5.92 Å². The smallest absolute Gasteiger partial charge is 0.0507 e. The van der Waals surface area contributed by atoms with Crippen molar-refractivity contribution in [2.24, 2.45) is 11.7 Å². The first-order chi connectivity index (χ1) is 6.79. The minimum atomic E-state index is 0.180. The average molecular weight is 198 g/mol. The molecular weight excluding hydrogens is 176 g/mol. The van der Waals surface area contributed by atoms with Crippen molar-refractivity contribution in [3.63, 3.8) is 0 Å². The van der Waals surface area contributed by atoms with Gasteiger partial charge in [-0.3, -0.25) is 0 Å². The molecule has 1 saturated carbocycles. The van der Waals surface area contributed by atoms with E-state index in [1.807, 2.05) is 0 Å². The van der Waals surface area contributed by atoms with E-state index in [0.717, 1.165) is 38.6 Å². The lowest BCUT2D eigenvalue weighted by atomic mass is 9.75. The molecule has 0 spiro atoms. The fourth-order valence-electron chi connectivity index (χ4n) is 2.27. The molecule has 3 nitrogen and oxygen atoms in total. The second-order valence-electron chi connectivity index (χ2n) is 4.90. The van der Waals surface area contributed by atoms with Gasteiger partial charge in [0.25, 0.3) is 0 Å². The van der Waals surface area contributed by atoms with E-state index in [2.05, 4.69) is 5.32 Å². The predicted molar refractivity (Wildman–Crippen MR) is 57.2 cm³/mol. The SMILES string of the molecule is NC1(CCNCC2CCOC2)CCC1. The van der Waals surface area contributed by atoms with Crippen molar-refractivity contribution in [1.82, 2.24) is 5.32 Å². The van der Waals surface area contributed by atoms with Gasteiger partial charge >= 0.3 is 0 Å². The largest absolute Gasteiger partial charge is 0.381 e. The van der Waals surface area contributed by atoms with Crippen LogP contribution >= 0.6 is 0 Å². The highest BCUT2D eigenvalue weighted by atomic mass is 16.5. The molecule has 14 heavy (non-hydrogen) atoms. The maximum Gasteiger partial charge on any atom is 0.0507 e. The Bertz CT molecular complexity index is 174. The summed E-state index contributed by atoms with van der Waals surface area (Å²) in [5.74, 6) is 0.741. The Kier molecular flexibility index (Phi) is 3.42. The van der Waals surface area contributed by atoms with Gasteiger partial charge in [-0.25, -0.2) is 0 Å². The molecule has 2 rings (SSSR count). The third kappa shape index (κ3) is 2.69. The number of nitrogens with one attached hydrogen (secondary N) is 1. The maximum absolute atomic E-state index is 6.13. The van der Waals surface area contributed by atoms with Crippen LogP contribution in [0.3, 0.4) is 0 Å². The normalized spacial score (nSPS) is 30.2. The lowest BCUT2D eigenvalue weighted by Crippen LogP contribution is -2.48. The van der Waals surface area contributed by atoms with Gasteiger partial charge in [-0.1, -0.05) is 0 Å². The van der Waals surface area contributed by atoms with E-state index in [9.17, 15) is 0 Å². The molecule has 3 N–H and O–H groups in total. The molecule has 2 aliphatic rings. The number of hydrogen-bond acceptors (Lipinski definition) is 3. The Morgan fingerprint density at radius 1 is 1.43 bits per heavy atom. The van der Waals surface area contributed by atoms with Crippen molar-refractivity contribution < 1.29 is 4.74 Å². The van der Waals surface area contributed by atoms with Crippen LogP contribution in [0.15, 0.2) is 0 Å². The first kappa shape index (κ1) is 10.4. The van der Waals surface area contributed by atoms with E-state index >= 15 is 0 Å². The van der Waals surface area contributed by atoms with Crippen molar-refractivity contribution >= 4 is 0 Å². The molecule has 1 saturated heterocycles. The molecule has 0 aromatic rings. The van der Waals surface area contributed by atoms with E-state index in [0.29, 0.717) is 0 Å². The summed E-state index contributed by atoms with van der Waals surface area (Å²) in [5, 5.41) is 3.49. The Hall–Kier alpha value is -0.120. The van der Waals surface area contributed by atoms with Gasteiger partial charge in [-0.15, -0.1) is 0 Å². The lowest BCUT2D eigenvalue weighted by molar-refractivity contribution is 0.184. The molecule has 0 bridgehead atoms. The van der Waals surface area contributed by atoms with Gasteiger partial charge in [-0.2, -0.15) is 0 Å². The molecule has 3 heteroatoms. The fourth-order valence-corrected chi connectivity index (χ4v) is 2.27. The van der Waals surface area contributed by atoms with Gasteiger partial charge < -0.3 is 15.8 Å². The van der Waals surface area contributed by atoms with Crippen LogP contribution in [0.1, 0.15) is 32.1 Å². The molecule has 1 aliphatic heterocycles. The molecule has 1 atom stereocenters. The topological polar surface area (TPSA) is 47.3 Å². The highest BCUT2D eigenvalue weighted by Gasteiger charge is 2.31. The zero-order valence-corrected chi connectivity index (χ0v) is 8.93. The standard InChI is InChI=1S/C11H22N2O/c12-11(3-1-4-11)5-6-13-8-10-2-7-14-9-10/h10,13H,1-9,12H2. The van der Waals surface area contributed by atoms with Crippen molar-refractivity contribution in [3.05, 3.63) is 0 Å². The number of hydrogen-bond donors (Lipinski definition) is 2. The highest BCUT2D eigenvalue weighted by molar-refractivity contribution is 4.92. The summed E-state index contributed by atoms with van der Waals surface area (Å²) < 4.78 is 5.32. The molecular formula is C11H22N2O. The van der Waals surface area contributed by atoms with Crippen LogP contribution < -0.4 is 11.1 Å². The molecule has 1 unspecified atom stereocenters. The van der Waals surface area contributed by atoms with Crippen LogP contribution in [0.4, 0.5) is 0 Å². The quantitative estimate of drug-likeness (QED) is 0.645. The summed E-state index contributed by atoms with van der Waals surface area (Å²) in [7, 11) is 0. The Balaban J connectivity index is 1.50. The van der Waals surface area contributed by atoms with Crippen LogP contribution in [0.2, 0.25) is 0 Å². The van der Waals surface area contributed by atoms with Gasteiger partial charge in [0.05, 0.1) is 6.61 Å². The van der Waals surface area contributed by atoms with Crippen molar-refractivity contribution in [2.75, 3.05) is 26.3 Å². The van der Waals surface area contributed by atoms with Crippen LogP contribution in [0.25, 0.3) is 0 Å². The molecule has 2 fully saturated rings. The van der Waals surface area contributed by atoms with Gasteiger partial charge in [0.1, 0.15) is 0 Å². The molecule has 1 heterocycles. The molecule has 0 radical (unpaired) electrons. The van der Waals surface area contributed by atoms with E-state index in [1.54, 1.807) is 0 Å². The Labute approximate surface area is 86.4 Å². The Morgan fingerprint density at radius 3 is 2.86 bits per heavy atom. The zero-order valence-electron chi connectivity index (χ0n) is 8.93. The van der Waals surface area contributed by atoms with E-state index < -0.39 is 0 Å². The van der Waals surface area contributed by atoms with E-state index in [1.165, 1.54) is 25.7 Å². The minimum Gasteiger partial charge on any atom is -0.381 e. The molecule has 0 amide bonds. The molecule has 82 valence electrons. The maximum atomic E-state index is 6.13. The summed E-state index contributed by atoms with van der Waals surface area (Å²) in [4.78, 5) is 0. The zero-order chi connectivity index (χ0) is 9.86. The molecule has 1 aliphatic carbocycles. The lowest BCUT2D eigenvalue weighted by Gasteiger charge is -2.38. The summed E-state index contributed by atoms with van der Waals surface area (Å²) in [6, 6.07) is 0. The highest BCUT2D eigenvalue weighted by Crippen LogP contribution is 2.31. The van der Waals surface area contributed by atoms with Crippen LogP contribution in [0.5, 0.6) is 0 Å². The summed E-state index contributed by atoms with van der Waals surface area (Å²) >= 11 is 0. The minimum absolute atomic E-state index is 0.180. The second-order valence-corrected chi connectivity index (χ2v) is 4.90. The van der Waals surface area contributed by atoms with Crippen molar-refractivity contribution in [2.45, 2.75) is 37.6 Å². The summed E-state index contributed by atoms with van der Waals surface area (Å²) in [5.41, 5.74) is 6.31. The number of nitrogens with two attached hydrogens (primary N) is 1. The van der Waals surface area contributed by atoms with Gasteiger partial charge in [0.15, 0.2) is 0 Å². The predicted octanol–water partition coefficient (Wildman–Crippen LogP) is 0.884. The molecule has 0 aromatic carbocycles. The van der Waals surface area contributed by atoms with E-state index in [-0.39, 0.29) is 5.54 Å². The Morgan fingerprint density at radius 2 is 2.29 bits per heavy atom. The first-order valence-corrected chi connectivity index (χ1v) is 5.86. The second kappa shape index (κ2) is 4.60. The van der Waals surface area contributed by atoms with Gasteiger partial charge in [-0.05, 0) is 44.6 Å². The van der Waals surface area contributed by atoms with Gasteiger partial charge in [0.2, 0.25) is 0 Å². The van der Waals surface area contributed by atoms with Crippen molar-refractivity contribution in [1.29, 1.82) is 0 Å². The molecule has 0 aromatic heterocycles. The first-order valence-electron chi connectivity index (χ1n) is 5.86. The fraction of sp³-hybridized carbons (Fsp3) is 1.00. The van der Waals surface area contributed by atoms with Crippen molar-refractivity contribution in [3.8, 4) is 0 Å². The van der Waals surface area contributed by atoms with Crippen LogP contribution in [-0.2, 0) is 4.74 Å². The van der Waals surface area contributed by atoms with Crippen LogP contribution in [-0.4, -0.2) is 31.8 Å². The summed E-state index contributed by atoms with van der Waals surface area (Å²) in [6.45, 7) is 4.08. The number of rotatable bonds is 5. The average Bonchev–Trinajstić information content (AvgIpc) is 2.62. The summed E-state index contributed by atoms with van der Waals surface area (Å²) in [6.07, 6.45) is 6.14. The third-order valence-electron chi connectivity index (χ3n) is 3.61. The number of ether oxygens (including phenoxy) is 1. The van der Waals surface area contributed by atoms with Gasteiger partial charge in [0, 0.05) is 18.7 Å². The monoisotopic (exact) mass is 198 g/mol.